The quantitative estimate of drug-likeness (QED) is 0.0763. The third-order valence-electron chi connectivity index (χ3n) is 8.57. The number of carbonyl (C=O) groups is 1. The van der Waals surface area contributed by atoms with Gasteiger partial charge in [0.05, 0.1) is 0 Å². The minimum absolute atomic E-state index is 0.232. The molecular weight excluding hydrogens is 488 g/mol. The zero-order chi connectivity index (χ0) is 29.2. The van der Waals surface area contributed by atoms with E-state index in [1.54, 1.807) is 0 Å². The Labute approximate surface area is 253 Å². The molecule has 0 heterocycles. The van der Waals surface area contributed by atoms with E-state index in [9.17, 15) is 4.79 Å². The summed E-state index contributed by atoms with van der Waals surface area (Å²) in [5.41, 5.74) is 0. The molecule has 0 radical (unpaired) electrons. The topological polar surface area (TPSA) is 41.1 Å². The largest absolute Gasteiger partial charge is 0.352 e. The van der Waals surface area contributed by atoms with Gasteiger partial charge in [-0.2, -0.15) is 0 Å². The second-order valence-electron chi connectivity index (χ2n) is 13.0. The summed E-state index contributed by atoms with van der Waals surface area (Å²) >= 11 is 0. The molecule has 1 atom stereocenters. The average molecular weight is 565 g/mol. The zero-order valence-corrected chi connectivity index (χ0v) is 28.1. The lowest BCUT2D eigenvalue weighted by molar-refractivity contribution is -0.121. The van der Waals surface area contributed by atoms with Crippen molar-refractivity contribution in [2.24, 2.45) is 0 Å². The highest BCUT2D eigenvalue weighted by atomic mass is 16.1. The van der Waals surface area contributed by atoms with E-state index in [4.69, 9.17) is 0 Å². The second kappa shape index (κ2) is 34.6. The molecule has 0 aliphatic rings. The van der Waals surface area contributed by atoms with Gasteiger partial charge in [-0.25, -0.2) is 0 Å². The number of rotatable bonds is 34. The number of nitrogens with one attached hydrogen (secondary N) is 2. The van der Waals surface area contributed by atoms with Crippen LogP contribution in [0.4, 0.5) is 0 Å². The molecule has 1 amide bonds. The molecule has 3 heteroatoms. The summed E-state index contributed by atoms with van der Waals surface area (Å²) in [6.45, 7) is 8.68. The van der Waals surface area contributed by atoms with E-state index in [1.807, 2.05) is 0 Å². The van der Waals surface area contributed by atoms with Crippen molar-refractivity contribution < 1.29 is 4.79 Å². The summed E-state index contributed by atoms with van der Waals surface area (Å²) in [6.07, 6.45) is 40.9. The Morgan fingerprint density at radius 1 is 0.450 bits per heavy atom. The standard InChI is InChI=1S/C37H76N2O/c1-4-6-8-10-12-14-16-18-20-21-23-25-27-29-31-33-37(40)39-36(3)35-38-34-32-30-28-26-24-22-19-17-15-13-11-9-7-5-2/h36,38H,4-35H2,1-3H3,(H,39,40). The zero-order valence-electron chi connectivity index (χ0n) is 28.1. The van der Waals surface area contributed by atoms with Crippen LogP contribution < -0.4 is 10.6 Å². The second-order valence-corrected chi connectivity index (χ2v) is 13.0. The lowest BCUT2D eigenvalue weighted by Gasteiger charge is -2.15. The first-order valence-electron chi connectivity index (χ1n) is 18.7. The van der Waals surface area contributed by atoms with E-state index < -0.39 is 0 Å². The first kappa shape index (κ1) is 39.4. The monoisotopic (exact) mass is 565 g/mol. The predicted octanol–water partition coefficient (Wildman–Crippen LogP) is 11.8. The first-order valence-corrected chi connectivity index (χ1v) is 18.7. The van der Waals surface area contributed by atoms with Gasteiger partial charge in [0.1, 0.15) is 0 Å². The smallest absolute Gasteiger partial charge is 0.220 e. The fraction of sp³-hybridized carbons (Fsp3) is 0.973. The van der Waals surface area contributed by atoms with Gasteiger partial charge in [-0.3, -0.25) is 4.79 Å². The molecule has 0 aromatic carbocycles. The molecule has 40 heavy (non-hydrogen) atoms. The average Bonchev–Trinajstić information content (AvgIpc) is 2.94. The van der Waals surface area contributed by atoms with Gasteiger partial charge in [-0.1, -0.05) is 187 Å². The molecule has 0 bridgehead atoms. The molecule has 0 saturated carbocycles. The van der Waals surface area contributed by atoms with Crippen molar-refractivity contribution >= 4 is 5.91 Å². The summed E-state index contributed by atoms with van der Waals surface area (Å²) in [5.74, 6) is 0.237. The van der Waals surface area contributed by atoms with Crippen LogP contribution in [0, 0.1) is 0 Å². The van der Waals surface area contributed by atoms with Gasteiger partial charge < -0.3 is 10.6 Å². The number of amides is 1. The molecule has 0 aromatic rings. The van der Waals surface area contributed by atoms with Crippen molar-refractivity contribution in [3.05, 3.63) is 0 Å². The van der Waals surface area contributed by atoms with Crippen molar-refractivity contribution in [2.45, 2.75) is 219 Å². The maximum Gasteiger partial charge on any atom is 0.220 e. The predicted molar refractivity (Wildman–Crippen MR) is 180 cm³/mol. The van der Waals surface area contributed by atoms with Crippen LogP contribution in [0.5, 0.6) is 0 Å². The Morgan fingerprint density at radius 2 is 0.750 bits per heavy atom. The van der Waals surface area contributed by atoms with Gasteiger partial charge in [0.15, 0.2) is 0 Å². The number of hydrogen-bond donors (Lipinski definition) is 2. The van der Waals surface area contributed by atoms with E-state index in [0.717, 1.165) is 19.5 Å². The molecular formula is C37H76N2O. The summed E-state index contributed by atoms with van der Waals surface area (Å²) in [6, 6.07) is 0.232. The highest BCUT2D eigenvalue weighted by molar-refractivity contribution is 5.76. The molecule has 0 spiro atoms. The molecule has 2 N–H and O–H groups in total. The number of carbonyl (C=O) groups excluding carboxylic acids is 1. The van der Waals surface area contributed by atoms with Gasteiger partial charge >= 0.3 is 0 Å². The lowest BCUT2D eigenvalue weighted by Crippen LogP contribution is -2.40. The maximum absolute atomic E-state index is 12.2. The molecule has 0 rings (SSSR count). The van der Waals surface area contributed by atoms with Gasteiger partial charge in [0.2, 0.25) is 5.91 Å². The van der Waals surface area contributed by atoms with Gasteiger partial charge in [-0.15, -0.1) is 0 Å². The van der Waals surface area contributed by atoms with Crippen molar-refractivity contribution in [2.75, 3.05) is 13.1 Å². The molecule has 0 aliphatic carbocycles. The summed E-state index contributed by atoms with van der Waals surface area (Å²) in [5, 5.41) is 6.72. The molecule has 3 nitrogen and oxygen atoms in total. The molecule has 0 fully saturated rings. The van der Waals surface area contributed by atoms with Crippen LogP contribution in [0.3, 0.4) is 0 Å². The number of hydrogen-bond acceptors (Lipinski definition) is 2. The van der Waals surface area contributed by atoms with E-state index >= 15 is 0 Å². The van der Waals surface area contributed by atoms with E-state index in [2.05, 4.69) is 31.4 Å². The van der Waals surface area contributed by atoms with Crippen LogP contribution in [0.1, 0.15) is 213 Å². The Balaban J connectivity index is 3.26. The van der Waals surface area contributed by atoms with Crippen molar-refractivity contribution in [1.29, 1.82) is 0 Å². The van der Waals surface area contributed by atoms with Crippen molar-refractivity contribution in [3.8, 4) is 0 Å². The summed E-state index contributed by atoms with van der Waals surface area (Å²) in [7, 11) is 0. The van der Waals surface area contributed by atoms with E-state index in [-0.39, 0.29) is 11.9 Å². The number of unbranched alkanes of at least 4 members (excludes halogenated alkanes) is 27. The van der Waals surface area contributed by atoms with Crippen LogP contribution in [-0.2, 0) is 4.79 Å². The maximum atomic E-state index is 12.2. The van der Waals surface area contributed by atoms with Crippen LogP contribution in [0.15, 0.2) is 0 Å². The Hall–Kier alpha value is -0.570. The van der Waals surface area contributed by atoms with Crippen LogP contribution in [-0.4, -0.2) is 25.0 Å². The molecule has 0 saturated heterocycles. The molecule has 0 aromatic heterocycles. The summed E-state index contributed by atoms with van der Waals surface area (Å²) in [4.78, 5) is 12.2. The van der Waals surface area contributed by atoms with Crippen molar-refractivity contribution in [1.82, 2.24) is 10.6 Å². The van der Waals surface area contributed by atoms with E-state index in [1.165, 1.54) is 180 Å². The molecule has 1 unspecified atom stereocenters. The molecule has 240 valence electrons. The highest BCUT2D eigenvalue weighted by Crippen LogP contribution is 2.14. The van der Waals surface area contributed by atoms with Crippen LogP contribution in [0.2, 0.25) is 0 Å². The first-order chi connectivity index (χ1) is 19.7. The SMILES string of the molecule is CCCCCCCCCCCCCCCCCC(=O)NC(C)CNCCCCCCCCCCCCCCCC. The normalized spacial score (nSPS) is 12.2. The van der Waals surface area contributed by atoms with Gasteiger partial charge in [0.25, 0.3) is 0 Å². The Morgan fingerprint density at radius 3 is 1.10 bits per heavy atom. The minimum atomic E-state index is 0.232. The molecule has 0 aliphatic heterocycles. The fourth-order valence-corrected chi connectivity index (χ4v) is 5.82. The lowest BCUT2D eigenvalue weighted by atomic mass is 10.0. The summed E-state index contributed by atoms with van der Waals surface area (Å²) < 4.78 is 0. The van der Waals surface area contributed by atoms with Crippen LogP contribution in [0.25, 0.3) is 0 Å². The fourth-order valence-electron chi connectivity index (χ4n) is 5.82. The van der Waals surface area contributed by atoms with Gasteiger partial charge in [-0.05, 0) is 26.3 Å². The third kappa shape index (κ3) is 33.6. The van der Waals surface area contributed by atoms with Crippen molar-refractivity contribution in [3.63, 3.8) is 0 Å². The Bertz CT molecular complexity index is 481. The highest BCUT2D eigenvalue weighted by Gasteiger charge is 2.06. The Kier molecular flexibility index (Phi) is 34.1. The van der Waals surface area contributed by atoms with E-state index in [0.29, 0.717) is 6.42 Å². The van der Waals surface area contributed by atoms with Crippen LogP contribution >= 0.6 is 0 Å². The minimum Gasteiger partial charge on any atom is -0.352 e. The third-order valence-corrected chi connectivity index (χ3v) is 8.57. The van der Waals surface area contributed by atoms with Gasteiger partial charge in [0, 0.05) is 19.0 Å².